The molecule has 1 heterocycles. The fraction of sp³-hybridized carbons (Fsp3) is 0.786. The zero-order valence-corrected chi connectivity index (χ0v) is 33.5. The van der Waals surface area contributed by atoms with Crippen molar-refractivity contribution < 1.29 is 30.6 Å². The van der Waals surface area contributed by atoms with Gasteiger partial charge in [0.15, 0.2) is 12.4 Å². The van der Waals surface area contributed by atoms with E-state index in [2.05, 4.69) is 38.2 Å². The van der Waals surface area contributed by atoms with Crippen molar-refractivity contribution in [1.29, 1.82) is 0 Å². The molecule has 48 heavy (non-hydrogen) atoms. The maximum Gasteiger partial charge on any atom is 0.361 e. The quantitative estimate of drug-likeness (QED) is 0.0305. The molecule has 0 bridgehead atoms. The highest BCUT2D eigenvalue weighted by atomic mass is 35.5. The first kappa shape index (κ1) is 47.1. The molecule has 0 aliphatic heterocycles. The van der Waals surface area contributed by atoms with E-state index in [9.17, 15) is 4.57 Å². The standard InChI is InChI=1S/C42H77NO3P.ClH/c1-4-6-8-10-12-14-16-18-20-22-24-26-28-30-32-34-40-45-47(44,42-36-38-43(3)39-37-42)46-41-35-33-31-29-27-25-23-21-19-17-15-13-11-9-7-5-2;/h18-21,36-39H,4-17,22-35,40-41H2,1-3H3;1H/q+1;/p-1/b20-18-,21-19-;. The summed E-state index contributed by atoms with van der Waals surface area (Å²) in [6.45, 7) is 5.54. The summed E-state index contributed by atoms with van der Waals surface area (Å²) in [5.74, 6) is 0. The number of unbranched alkanes of at least 4 members (excludes halogenated alkanes) is 24. The molecule has 4 nitrogen and oxygen atoms in total. The van der Waals surface area contributed by atoms with Crippen LogP contribution in [0.1, 0.15) is 194 Å². The molecule has 0 aliphatic rings. The number of allylic oxidation sites excluding steroid dienone is 4. The van der Waals surface area contributed by atoms with Crippen molar-refractivity contribution in [2.75, 3.05) is 13.2 Å². The number of nitrogens with zero attached hydrogens (tertiary/aromatic N) is 1. The Kier molecular flexibility index (Phi) is 35.2. The largest absolute Gasteiger partial charge is 1.00 e. The smallest absolute Gasteiger partial charge is 0.361 e. The Bertz CT molecular complexity index is 857. The highest BCUT2D eigenvalue weighted by Gasteiger charge is 2.28. The van der Waals surface area contributed by atoms with Gasteiger partial charge < -0.3 is 21.5 Å². The first-order chi connectivity index (χ1) is 23.1. The van der Waals surface area contributed by atoms with Crippen molar-refractivity contribution in [3.05, 3.63) is 48.8 Å². The summed E-state index contributed by atoms with van der Waals surface area (Å²) in [7, 11) is -1.33. The Morgan fingerprint density at radius 3 is 1.12 bits per heavy atom. The lowest BCUT2D eigenvalue weighted by Crippen LogP contribution is -3.00. The molecule has 280 valence electrons. The predicted octanol–water partition coefficient (Wildman–Crippen LogP) is 10.4. The number of rotatable bonds is 35. The first-order valence-electron chi connectivity index (χ1n) is 20.3. The van der Waals surface area contributed by atoms with Gasteiger partial charge in [-0.3, -0.25) is 4.57 Å². The summed E-state index contributed by atoms with van der Waals surface area (Å²) in [5.41, 5.74) is 0. The van der Waals surface area contributed by atoms with Crippen LogP contribution in [0.25, 0.3) is 0 Å². The van der Waals surface area contributed by atoms with E-state index in [1.165, 1.54) is 154 Å². The normalized spacial score (nSPS) is 12.0. The van der Waals surface area contributed by atoms with Crippen molar-refractivity contribution in [2.45, 2.75) is 194 Å². The van der Waals surface area contributed by atoms with E-state index in [1.807, 2.05) is 36.1 Å². The van der Waals surface area contributed by atoms with Crippen LogP contribution in [0.5, 0.6) is 0 Å². The van der Waals surface area contributed by atoms with E-state index in [1.54, 1.807) is 0 Å². The molecular formula is C42H77ClNO3P. The summed E-state index contributed by atoms with van der Waals surface area (Å²) in [4.78, 5) is 0. The number of aromatic nitrogens is 1. The number of aryl methyl sites for hydroxylation is 1. The van der Waals surface area contributed by atoms with Crippen molar-refractivity contribution >= 4 is 12.9 Å². The Morgan fingerprint density at radius 1 is 0.500 bits per heavy atom. The SMILES string of the molecule is CCCCCCCC/C=C\CCCCCCCCOP(=O)(OCCCCCCCC/C=C\CCCCCCCC)c1cc[n+](C)cc1.[Cl-]. The Labute approximate surface area is 305 Å². The van der Waals surface area contributed by atoms with Gasteiger partial charge in [0.1, 0.15) is 7.05 Å². The zero-order valence-electron chi connectivity index (χ0n) is 31.8. The molecule has 0 saturated heterocycles. The Balaban J connectivity index is 0.0000221. The van der Waals surface area contributed by atoms with Crippen molar-refractivity contribution in [3.8, 4) is 0 Å². The minimum absolute atomic E-state index is 0. The van der Waals surface area contributed by atoms with E-state index >= 15 is 0 Å². The molecule has 1 aromatic rings. The average Bonchev–Trinajstić information content (AvgIpc) is 3.08. The van der Waals surface area contributed by atoms with Crippen LogP contribution in [0.2, 0.25) is 0 Å². The molecule has 0 amide bonds. The van der Waals surface area contributed by atoms with Gasteiger partial charge in [-0.15, -0.1) is 0 Å². The molecule has 0 spiro atoms. The van der Waals surface area contributed by atoms with E-state index in [4.69, 9.17) is 9.05 Å². The van der Waals surface area contributed by atoms with Gasteiger partial charge in [-0.2, -0.15) is 0 Å². The summed E-state index contributed by atoms with van der Waals surface area (Å²) < 4.78 is 27.8. The van der Waals surface area contributed by atoms with Crippen LogP contribution in [0.4, 0.5) is 0 Å². The lowest BCUT2D eigenvalue weighted by molar-refractivity contribution is -0.671. The summed E-state index contributed by atoms with van der Waals surface area (Å²) in [6, 6.07) is 3.76. The average molecular weight is 711 g/mol. The minimum atomic E-state index is -3.30. The maximum atomic E-state index is 13.8. The van der Waals surface area contributed by atoms with Crippen molar-refractivity contribution in [1.82, 2.24) is 0 Å². The molecule has 0 N–H and O–H groups in total. The van der Waals surface area contributed by atoms with Crippen molar-refractivity contribution in [3.63, 3.8) is 0 Å². The zero-order chi connectivity index (χ0) is 33.9. The molecule has 0 radical (unpaired) electrons. The third-order valence-electron chi connectivity index (χ3n) is 9.11. The van der Waals surface area contributed by atoms with Gasteiger partial charge in [0.25, 0.3) is 0 Å². The topological polar surface area (TPSA) is 39.4 Å². The van der Waals surface area contributed by atoms with Gasteiger partial charge in [-0.05, 0) is 64.2 Å². The van der Waals surface area contributed by atoms with Gasteiger partial charge in [0.05, 0.1) is 18.5 Å². The highest BCUT2D eigenvalue weighted by Crippen LogP contribution is 2.47. The second-order valence-electron chi connectivity index (χ2n) is 13.8. The molecule has 1 aromatic heterocycles. The number of pyridine rings is 1. The number of hydrogen-bond acceptors (Lipinski definition) is 3. The first-order valence-corrected chi connectivity index (χ1v) is 21.8. The fourth-order valence-electron chi connectivity index (χ4n) is 5.93. The molecular weight excluding hydrogens is 633 g/mol. The van der Waals surface area contributed by atoms with Crippen LogP contribution in [-0.4, -0.2) is 13.2 Å². The van der Waals surface area contributed by atoms with E-state index < -0.39 is 7.60 Å². The Hall–Kier alpha value is -0.930. The van der Waals surface area contributed by atoms with E-state index in [0.29, 0.717) is 18.5 Å². The maximum absolute atomic E-state index is 13.8. The van der Waals surface area contributed by atoms with Crippen LogP contribution >= 0.6 is 7.60 Å². The molecule has 1 rings (SSSR count). The molecule has 6 heteroatoms. The van der Waals surface area contributed by atoms with E-state index in [-0.39, 0.29) is 12.4 Å². The fourth-order valence-corrected chi connectivity index (χ4v) is 7.54. The predicted molar refractivity (Wildman–Crippen MR) is 206 cm³/mol. The summed E-state index contributed by atoms with van der Waals surface area (Å²) in [5, 5.41) is 0.671. The van der Waals surface area contributed by atoms with Gasteiger partial charge >= 0.3 is 7.60 Å². The third-order valence-corrected chi connectivity index (χ3v) is 11.1. The molecule has 0 fully saturated rings. The van der Waals surface area contributed by atoms with Crippen molar-refractivity contribution in [2.24, 2.45) is 7.05 Å². The highest BCUT2D eigenvalue weighted by molar-refractivity contribution is 7.62. The van der Waals surface area contributed by atoms with E-state index in [0.717, 1.165) is 25.7 Å². The molecule has 0 aliphatic carbocycles. The molecule has 0 saturated carbocycles. The van der Waals surface area contributed by atoms with Crippen LogP contribution in [0.15, 0.2) is 48.8 Å². The number of halogens is 1. The molecule has 0 unspecified atom stereocenters. The molecule has 0 aromatic carbocycles. The van der Waals surface area contributed by atoms with Gasteiger partial charge in [0.2, 0.25) is 0 Å². The summed E-state index contributed by atoms with van der Waals surface area (Å²) in [6.07, 6.45) is 49.1. The van der Waals surface area contributed by atoms with Gasteiger partial charge in [-0.25, -0.2) is 4.57 Å². The van der Waals surface area contributed by atoms with Crippen LogP contribution in [-0.2, 0) is 20.7 Å². The van der Waals surface area contributed by atoms with Gasteiger partial charge in [0, 0.05) is 12.1 Å². The lowest BCUT2D eigenvalue weighted by atomic mass is 10.1. The van der Waals surface area contributed by atoms with Crippen LogP contribution in [0.3, 0.4) is 0 Å². The monoisotopic (exact) mass is 710 g/mol. The van der Waals surface area contributed by atoms with Gasteiger partial charge in [-0.1, -0.05) is 154 Å². The lowest BCUT2D eigenvalue weighted by Gasteiger charge is -2.18. The number of hydrogen-bond donors (Lipinski definition) is 0. The molecule has 0 atom stereocenters. The Morgan fingerprint density at radius 2 is 0.792 bits per heavy atom. The third kappa shape index (κ3) is 28.9. The minimum Gasteiger partial charge on any atom is -1.00 e. The van der Waals surface area contributed by atoms with Crippen LogP contribution < -0.4 is 22.3 Å². The van der Waals surface area contributed by atoms with Crippen LogP contribution in [0, 0.1) is 0 Å². The summed E-state index contributed by atoms with van der Waals surface area (Å²) >= 11 is 0. The second kappa shape index (κ2) is 35.9. The second-order valence-corrected chi connectivity index (χ2v) is 15.8.